The third-order valence-electron chi connectivity index (χ3n) is 4.46. The first-order valence-corrected chi connectivity index (χ1v) is 8.39. The number of rotatable bonds is 4. The number of halogens is 2. The molecule has 7 nitrogen and oxygen atoms in total. The zero-order chi connectivity index (χ0) is 19.4. The number of nitrogens with one attached hydrogen (secondary N) is 1. The average Bonchev–Trinajstić information content (AvgIpc) is 2.68. The van der Waals surface area contributed by atoms with Crippen LogP contribution in [0.15, 0.2) is 24.4 Å². The molecular formula is C18H18F2N4O3. The van der Waals surface area contributed by atoms with E-state index in [0.29, 0.717) is 48.1 Å². The SMILES string of the molecule is COC(=O)N1CCC(Nc2c(C#N)cnc3ccc(OC(F)F)cc23)CC1. The number of hydrogen-bond acceptors (Lipinski definition) is 6. The summed E-state index contributed by atoms with van der Waals surface area (Å²) in [6.07, 6.45) is 2.41. The van der Waals surface area contributed by atoms with E-state index in [4.69, 9.17) is 4.74 Å². The molecule has 1 aromatic heterocycles. The summed E-state index contributed by atoms with van der Waals surface area (Å²) in [5, 5.41) is 13.3. The van der Waals surface area contributed by atoms with Gasteiger partial charge in [-0.15, -0.1) is 0 Å². The lowest BCUT2D eigenvalue weighted by molar-refractivity contribution is -0.0497. The van der Waals surface area contributed by atoms with Crippen LogP contribution >= 0.6 is 0 Å². The number of pyridine rings is 1. The Kier molecular flexibility index (Phi) is 5.54. The van der Waals surface area contributed by atoms with Crippen LogP contribution < -0.4 is 10.1 Å². The van der Waals surface area contributed by atoms with Gasteiger partial charge in [-0.05, 0) is 31.0 Å². The Balaban J connectivity index is 1.86. The number of benzene rings is 1. The number of nitrogens with zero attached hydrogens (tertiary/aromatic N) is 3. The maximum absolute atomic E-state index is 12.5. The second-order valence-electron chi connectivity index (χ2n) is 6.09. The molecule has 27 heavy (non-hydrogen) atoms. The molecule has 1 aliphatic heterocycles. The van der Waals surface area contributed by atoms with Gasteiger partial charge in [-0.1, -0.05) is 0 Å². The van der Waals surface area contributed by atoms with Crippen LogP contribution in [-0.4, -0.2) is 48.8 Å². The molecule has 3 rings (SSSR count). The summed E-state index contributed by atoms with van der Waals surface area (Å²) in [4.78, 5) is 17.4. The molecule has 2 heterocycles. The van der Waals surface area contributed by atoms with E-state index in [2.05, 4.69) is 21.1 Å². The van der Waals surface area contributed by atoms with E-state index in [-0.39, 0.29) is 17.9 Å². The van der Waals surface area contributed by atoms with E-state index >= 15 is 0 Å². The Hall–Kier alpha value is -3.15. The molecule has 0 bridgehead atoms. The molecule has 0 saturated carbocycles. The van der Waals surface area contributed by atoms with Gasteiger partial charge in [0.25, 0.3) is 0 Å². The number of methoxy groups -OCH3 is 1. The molecule has 2 aromatic rings. The van der Waals surface area contributed by atoms with E-state index < -0.39 is 6.61 Å². The van der Waals surface area contributed by atoms with Crippen LogP contribution in [0.2, 0.25) is 0 Å². The first-order chi connectivity index (χ1) is 13.0. The molecule has 9 heteroatoms. The largest absolute Gasteiger partial charge is 0.453 e. The molecule has 0 unspecified atom stereocenters. The van der Waals surface area contributed by atoms with Gasteiger partial charge >= 0.3 is 12.7 Å². The van der Waals surface area contributed by atoms with E-state index in [1.165, 1.54) is 25.4 Å². The molecule has 1 amide bonds. The highest BCUT2D eigenvalue weighted by Gasteiger charge is 2.24. The number of nitriles is 1. The van der Waals surface area contributed by atoms with Gasteiger partial charge in [0.2, 0.25) is 0 Å². The Morgan fingerprint density at radius 1 is 1.41 bits per heavy atom. The van der Waals surface area contributed by atoms with Crippen LogP contribution in [0.1, 0.15) is 18.4 Å². The molecule has 1 aliphatic rings. The summed E-state index contributed by atoms with van der Waals surface area (Å²) in [6, 6.07) is 6.52. The van der Waals surface area contributed by atoms with Gasteiger partial charge in [0.05, 0.1) is 23.9 Å². The topological polar surface area (TPSA) is 87.5 Å². The molecule has 1 aromatic carbocycles. The molecular weight excluding hydrogens is 358 g/mol. The van der Waals surface area contributed by atoms with Gasteiger partial charge in [-0.2, -0.15) is 14.0 Å². The molecule has 1 N–H and O–H groups in total. The summed E-state index contributed by atoms with van der Waals surface area (Å²) in [6.45, 7) is -1.89. The minimum absolute atomic E-state index is 0.00190. The predicted molar refractivity (Wildman–Crippen MR) is 93.7 cm³/mol. The molecule has 0 atom stereocenters. The Morgan fingerprint density at radius 2 is 2.15 bits per heavy atom. The maximum Gasteiger partial charge on any atom is 0.409 e. The van der Waals surface area contributed by atoms with Gasteiger partial charge in [0.1, 0.15) is 11.8 Å². The summed E-state index contributed by atoms with van der Waals surface area (Å²) in [5.74, 6) is -0.00190. The number of amides is 1. The van der Waals surface area contributed by atoms with E-state index in [9.17, 15) is 18.8 Å². The smallest absolute Gasteiger partial charge is 0.409 e. The fourth-order valence-electron chi connectivity index (χ4n) is 3.13. The van der Waals surface area contributed by atoms with Gasteiger partial charge in [0.15, 0.2) is 0 Å². The van der Waals surface area contributed by atoms with Gasteiger partial charge in [-0.25, -0.2) is 4.79 Å². The third-order valence-corrected chi connectivity index (χ3v) is 4.46. The van der Waals surface area contributed by atoms with Gasteiger partial charge in [0, 0.05) is 30.7 Å². The normalized spacial score (nSPS) is 14.9. The molecule has 1 saturated heterocycles. The zero-order valence-corrected chi connectivity index (χ0v) is 14.6. The second-order valence-corrected chi connectivity index (χ2v) is 6.09. The molecule has 0 aliphatic carbocycles. The van der Waals surface area contributed by atoms with E-state index in [1.54, 1.807) is 11.0 Å². The number of piperidine rings is 1. The van der Waals surface area contributed by atoms with Crippen LogP contribution in [0.5, 0.6) is 5.75 Å². The van der Waals surface area contributed by atoms with Crippen molar-refractivity contribution in [2.45, 2.75) is 25.5 Å². The van der Waals surface area contributed by atoms with Crippen LogP contribution in [0.25, 0.3) is 10.9 Å². The second kappa shape index (κ2) is 8.03. The standard InChI is InChI=1S/C18H18F2N4O3/c1-26-18(25)24-6-4-12(5-7-24)23-16-11(9-21)10-22-15-3-2-13(8-14(15)16)27-17(19)20/h2-3,8,10,12,17H,4-7H2,1H3,(H,22,23). The number of aromatic nitrogens is 1. The van der Waals surface area contributed by atoms with Crippen molar-refractivity contribution < 1.29 is 23.0 Å². The highest BCUT2D eigenvalue weighted by Crippen LogP contribution is 2.31. The molecule has 1 fully saturated rings. The van der Waals surface area contributed by atoms with Gasteiger partial charge < -0.3 is 19.7 Å². The minimum Gasteiger partial charge on any atom is -0.453 e. The quantitative estimate of drug-likeness (QED) is 0.881. The van der Waals surface area contributed by atoms with Crippen molar-refractivity contribution in [3.05, 3.63) is 30.0 Å². The number of carbonyl (C=O) groups excluding carboxylic acids is 1. The molecule has 0 spiro atoms. The van der Waals surface area contributed by atoms with Crippen molar-refractivity contribution in [3.63, 3.8) is 0 Å². The number of fused-ring (bicyclic) bond motifs is 1. The van der Waals surface area contributed by atoms with Crippen LogP contribution in [0.4, 0.5) is 19.3 Å². The van der Waals surface area contributed by atoms with Crippen molar-refractivity contribution in [2.24, 2.45) is 0 Å². The average molecular weight is 376 g/mol. The fourth-order valence-corrected chi connectivity index (χ4v) is 3.13. The third kappa shape index (κ3) is 4.16. The first-order valence-electron chi connectivity index (χ1n) is 8.39. The fraction of sp³-hybridized carbons (Fsp3) is 0.389. The summed E-state index contributed by atoms with van der Waals surface area (Å²) in [5.41, 5.74) is 1.40. The van der Waals surface area contributed by atoms with Crippen molar-refractivity contribution >= 4 is 22.7 Å². The summed E-state index contributed by atoms with van der Waals surface area (Å²) >= 11 is 0. The minimum atomic E-state index is -2.94. The Labute approximate surface area is 154 Å². The lowest BCUT2D eigenvalue weighted by atomic mass is 10.0. The lowest BCUT2D eigenvalue weighted by Crippen LogP contribution is -2.42. The van der Waals surface area contributed by atoms with Crippen molar-refractivity contribution in [1.82, 2.24) is 9.88 Å². The number of anilines is 1. The highest BCUT2D eigenvalue weighted by molar-refractivity contribution is 5.95. The predicted octanol–water partition coefficient (Wildman–Crippen LogP) is 3.35. The lowest BCUT2D eigenvalue weighted by Gasteiger charge is -2.32. The number of hydrogen-bond donors (Lipinski definition) is 1. The number of carbonyl (C=O) groups is 1. The number of likely N-dealkylation sites (tertiary alicyclic amines) is 1. The van der Waals surface area contributed by atoms with Crippen molar-refractivity contribution in [2.75, 3.05) is 25.5 Å². The Morgan fingerprint density at radius 3 is 2.78 bits per heavy atom. The van der Waals surface area contributed by atoms with Crippen LogP contribution in [0.3, 0.4) is 0 Å². The number of ether oxygens (including phenoxy) is 2. The monoisotopic (exact) mass is 376 g/mol. The van der Waals surface area contributed by atoms with Crippen LogP contribution in [0, 0.1) is 11.3 Å². The Bertz CT molecular complexity index is 877. The zero-order valence-electron chi connectivity index (χ0n) is 14.6. The molecule has 0 radical (unpaired) electrons. The van der Waals surface area contributed by atoms with Crippen molar-refractivity contribution in [1.29, 1.82) is 5.26 Å². The maximum atomic E-state index is 12.5. The first kappa shape index (κ1) is 18.6. The highest BCUT2D eigenvalue weighted by atomic mass is 19.3. The summed E-state index contributed by atoms with van der Waals surface area (Å²) < 4.78 is 34.2. The molecule has 142 valence electrons. The van der Waals surface area contributed by atoms with Crippen LogP contribution in [-0.2, 0) is 4.74 Å². The van der Waals surface area contributed by atoms with Crippen molar-refractivity contribution in [3.8, 4) is 11.8 Å². The van der Waals surface area contributed by atoms with Gasteiger partial charge in [-0.3, -0.25) is 4.98 Å². The summed E-state index contributed by atoms with van der Waals surface area (Å²) in [7, 11) is 1.34. The number of alkyl halides is 2. The van der Waals surface area contributed by atoms with E-state index in [1.807, 2.05) is 0 Å². The van der Waals surface area contributed by atoms with E-state index in [0.717, 1.165) is 0 Å².